The first-order chi connectivity index (χ1) is 14.2. The van der Waals surface area contributed by atoms with E-state index in [9.17, 15) is 9.90 Å². The van der Waals surface area contributed by atoms with Crippen LogP contribution < -0.4 is 4.90 Å². The van der Waals surface area contributed by atoms with Crippen LogP contribution in [0.15, 0.2) is 12.7 Å². The fourth-order valence-electron chi connectivity index (χ4n) is 4.35. The summed E-state index contributed by atoms with van der Waals surface area (Å²) < 4.78 is 12.6. The van der Waals surface area contributed by atoms with Crippen molar-refractivity contribution in [3.63, 3.8) is 0 Å². The third kappa shape index (κ3) is 4.20. The molecule has 1 N–H and O–H groups in total. The maximum absolute atomic E-state index is 12.0. The molecule has 2 aromatic rings. The van der Waals surface area contributed by atoms with Crippen molar-refractivity contribution in [1.82, 2.24) is 19.5 Å². The molecular weight excluding hydrogens is 374 g/mol. The lowest BCUT2D eigenvalue weighted by atomic mass is 9.92. The Morgan fingerprint density at radius 3 is 2.83 bits per heavy atom. The van der Waals surface area contributed by atoms with E-state index >= 15 is 0 Å². The standard InChI is InChI=1S/C20H29N5O4/c1-2-29-20(27)14-3-6-24(7-4-14)18-17-19(22-12-21-18)25(13-23-17)9-16(10-26)15-5-8-28-11-15/h12-16,26H,2-11H2,1H3. The second-order valence-electron chi connectivity index (χ2n) is 7.85. The number of nitrogens with zero attached hydrogens (tertiary/aromatic N) is 5. The minimum Gasteiger partial charge on any atom is -0.466 e. The number of aliphatic hydroxyl groups excluding tert-OH is 1. The summed E-state index contributed by atoms with van der Waals surface area (Å²) in [6.07, 6.45) is 5.83. The first-order valence-corrected chi connectivity index (χ1v) is 10.5. The van der Waals surface area contributed by atoms with E-state index in [1.54, 1.807) is 12.7 Å². The molecule has 2 saturated heterocycles. The predicted octanol–water partition coefficient (Wildman–Crippen LogP) is 1.25. The van der Waals surface area contributed by atoms with Crippen molar-refractivity contribution in [3.05, 3.63) is 12.7 Å². The molecule has 9 nitrogen and oxygen atoms in total. The highest BCUT2D eigenvalue weighted by Crippen LogP contribution is 2.29. The number of aromatic nitrogens is 4. The molecule has 2 aromatic heterocycles. The van der Waals surface area contributed by atoms with E-state index in [1.807, 2.05) is 11.5 Å². The molecule has 0 amide bonds. The van der Waals surface area contributed by atoms with Gasteiger partial charge in [-0.15, -0.1) is 0 Å². The topological polar surface area (TPSA) is 103 Å². The molecule has 0 saturated carbocycles. The molecule has 2 unspecified atom stereocenters. The van der Waals surface area contributed by atoms with Crippen molar-refractivity contribution < 1.29 is 19.4 Å². The van der Waals surface area contributed by atoms with Crippen LogP contribution in [-0.2, 0) is 20.8 Å². The van der Waals surface area contributed by atoms with E-state index in [0.29, 0.717) is 25.7 Å². The largest absolute Gasteiger partial charge is 0.466 e. The van der Waals surface area contributed by atoms with E-state index in [1.165, 1.54) is 0 Å². The number of hydrogen-bond donors (Lipinski definition) is 1. The molecule has 2 aliphatic heterocycles. The maximum Gasteiger partial charge on any atom is 0.309 e. The Labute approximate surface area is 170 Å². The quantitative estimate of drug-likeness (QED) is 0.689. The Bertz CT molecular complexity index is 827. The summed E-state index contributed by atoms with van der Waals surface area (Å²) in [5, 5.41) is 9.86. The molecule has 0 aliphatic carbocycles. The second-order valence-corrected chi connectivity index (χ2v) is 7.85. The number of piperidine rings is 1. The van der Waals surface area contributed by atoms with Gasteiger partial charge in [0.05, 0.1) is 18.9 Å². The number of imidazole rings is 1. The summed E-state index contributed by atoms with van der Waals surface area (Å²) >= 11 is 0. The average Bonchev–Trinajstić information content (AvgIpc) is 3.42. The van der Waals surface area contributed by atoms with E-state index in [2.05, 4.69) is 19.9 Å². The number of carbonyl (C=O) groups is 1. The monoisotopic (exact) mass is 403 g/mol. The fraction of sp³-hybridized carbons (Fsp3) is 0.700. The van der Waals surface area contributed by atoms with Gasteiger partial charge in [0.1, 0.15) is 6.33 Å². The lowest BCUT2D eigenvalue weighted by Gasteiger charge is -2.31. The summed E-state index contributed by atoms with van der Waals surface area (Å²) in [4.78, 5) is 27.7. The number of carbonyl (C=O) groups excluding carboxylic acids is 1. The molecule has 4 rings (SSSR count). The second kappa shape index (κ2) is 9.04. The zero-order valence-corrected chi connectivity index (χ0v) is 16.9. The van der Waals surface area contributed by atoms with Crippen molar-refractivity contribution in [3.8, 4) is 0 Å². The van der Waals surface area contributed by atoms with Gasteiger partial charge < -0.3 is 24.0 Å². The smallest absolute Gasteiger partial charge is 0.309 e. The van der Waals surface area contributed by atoms with E-state index in [4.69, 9.17) is 9.47 Å². The first kappa shape index (κ1) is 20.0. The summed E-state index contributed by atoms with van der Waals surface area (Å²) in [7, 11) is 0. The molecule has 29 heavy (non-hydrogen) atoms. The van der Waals surface area contributed by atoms with Crippen LogP contribution in [0.25, 0.3) is 11.2 Å². The molecule has 0 radical (unpaired) electrons. The molecule has 2 aliphatic rings. The van der Waals surface area contributed by atoms with Gasteiger partial charge in [0.25, 0.3) is 0 Å². The van der Waals surface area contributed by atoms with Crippen LogP contribution in [0.1, 0.15) is 26.2 Å². The number of ether oxygens (including phenoxy) is 2. The van der Waals surface area contributed by atoms with Crippen molar-refractivity contribution in [2.45, 2.75) is 32.7 Å². The minimum atomic E-state index is -0.102. The molecule has 2 fully saturated rings. The summed E-state index contributed by atoms with van der Waals surface area (Å²) in [6.45, 7) is 5.97. The van der Waals surface area contributed by atoms with Gasteiger partial charge in [0.2, 0.25) is 0 Å². The van der Waals surface area contributed by atoms with Gasteiger partial charge in [-0.25, -0.2) is 15.0 Å². The number of hydrogen-bond acceptors (Lipinski definition) is 8. The third-order valence-corrected chi connectivity index (χ3v) is 6.09. The molecular formula is C20H29N5O4. The average molecular weight is 403 g/mol. The summed E-state index contributed by atoms with van der Waals surface area (Å²) in [6, 6.07) is 0. The number of anilines is 1. The minimum absolute atomic E-state index is 0.0416. The SMILES string of the molecule is CCOC(=O)C1CCN(c2ncnc3c2ncn3CC(CO)C2CCOC2)CC1. The molecule has 158 valence electrons. The van der Waals surface area contributed by atoms with Gasteiger partial charge in [-0.3, -0.25) is 4.79 Å². The van der Waals surface area contributed by atoms with E-state index < -0.39 is 0 Å². The highest BCUT2D eigenvalue weighted by Gasteiger charge is 2.29. The Hall–Kier alpha value is -2.26. The van der Waals surface area contributed by atoms with E-state index in [-0.39, 0.29) is 24.4 Å². The van der Waals surface area contributed by atoms with Crippen LogP contribution in [0.4, 0.5) is 5.82 Å². The third-order valence-electron chi connectivity index (χ3n) is 6.09. The molecule has 2 atom stereocenters. The van der Waals surface area contributed by atoms with Crippen LogP contribution in [-0.4, -0.2) is 70.1 Å². The lowest BCUT2D eigenvalue weighted by Crippen LogP contribution is -2.37. The maximum atomic E-state index is 12.0. The number of esters is 1. The van der Waals surface area contributed by atoms with Gasteiger partial charge in [0, 0.05) is 45.4 Å². The molecule has 0 spiro atoms. The van der Waals surface area contributed by atoms with Crippen LogP contribution in [0, 0.1) is 17.8 Å². The predicted molar refractivity (Wildman–Crippen MR) is 106 cm³/mol. The van der Waals surface area contributed by atoms with Crippen molar-refractivity contribution in [1.29, 1.82) is 0 Å². The highest BCUT2D eigenvalue weighted by atomic mass is 16.5. The molecule has 9 heteroatoms. The fourth-order valence-corrected chi connectivity index (χ4v) is 4.35. The van der Waals surface area contributed by atoms with Crippen molar-refractivity contribution >= 4 is 23.0 Å². The van der Waals surface area contributed by atoms with Crippen LogP contribution in [0.2, 0.25) is 0 Å². The number of fused-ring (bicyclic) bond motifs is 1. The summed E-state index contributed by atoms with van der Waals surface area (Å²) in [5.74, 6) is 1.14. The van der Waals surface area contributed by atoms with Crippen LogP contribution in [0.5, 0.6) is 0 Å². The number of aliphatic hydroxyl groups is 1. The van der Waals surface area contributed by atoms with E-state index in [0.717, 1.165) is 55.9 Å². The Morgan fingerprint density at radius 1 is 1.31 bits per heavy atom. The zero-order chi connectivity index (χ0) is 20.2. The molecule has 4 heterocycles. The highest BCUT2D eigenvalue weighted by molar-refractivity contribution is 5.83. The Balaban J connectivity index is 1.48. The molecule has 0 aromatic carbocycles. The Kier molecular flexibility index (Phi) is 6.25. The first-order valence-electron chi connectivity index (χ1n) is 10.5. The van der Waals surface area contributed by atoms with Gasteiger partial charge in [-0.1, -0.05) is 0 Å². The Morgan fingerprint density at radius 2 is 2.14 bits per heavy atom. The van der Waals surface area contributed by atoms with Crippen LogP contribution >= 0.6 is 0 Å². The van der Waals surface area contributed by atoms with Gasteiger partial charge in [-0.05, 0) is 32.1 Å². The van der Waals surface area contributed by atoms with Gasteiger partial charge >= 0.3 is 5.97 Å². The summed E-state index contributed by atoms with van der Waals surface area (Å²) in [5.41, 5.74) is 1.54. The van der Waals surface area contributed by atoms with Gasteiger partial charge in [0.15, 0.2) is 17.0 Å². The normalized spacial score (nSPS) is 21.6. The van der Waals surface area contributed by atoms with Crippen LogP contribution in [0.3, 0.4) is 0 Å². The van der Waals surface area contributed by atoms with Crippen molar-refractivity contribution in [2.24, 2.45) is 17.8 Å². The van der Waals surface area contributed by atoms with Gasteiger partial charge in [-0.2, -0.15) is 0 Å². The zero-order valence-electron chi connectivity index (χ0n) is 16.9. The number of rotatable bonds is 7. The van der Waals surface area contributed by atoms with Crippen molar-refractivity contribution in [2.75, 3.05) is 44.4 Å². The molecule has 0 bridgehead atoms. The lowest BCUT2D eigenvalue weighted by molar-refractivity contribution is -0.148.